The smallest absolute Gasteiger partial charge is 0.0940 e. The minimum Gasteiger partial charge on any atom is -0.372 e. The van der Waals surface area contributed by atoms with E-state index in [1.54, 1.807) is 0 Å². The van der Waals surface area contributed by atoms with Gasteiger partial charge in [0, 0.05) is 11.3 Å². The second-order valence-corrected chi connectivity index (χ2v) is 8.74. The third-order valence-electron chi connectivity index (χ3n) is 6.23. The van der Waals surface area contributed by atoms with E-state index in [9.17, 15) is 0 Å². The topological polar surface area (TPSA) is 24.9 Å². The summed E-state index contributed by atoms with van der Waals surface area (Å²) in [5.74, 6) is 0. The highest BCUT2D eigenvalue weighted by molar-refractivity contribution is 5.95. The predicted molar refractivity (Wildman–Crippen MR) is 140 cm³/mol. The highest BCUT2D eigenvalue weighted by atomic mass is 15.0. The molecule has 2 nitrogen and oxygen atoms in total. The number of nitrogens with zero attached hydrogens (tertiary/aromatic N) is 1. The van der Waals surface area contributed by atoms with Crippen LogP contribution in [0.3, 0.4) is 0 Å². The van der Waals surface area contributed by atoms with E-state index < -0.39 is 0 Å². The van der Waals surface area contributed by atoms with Crippen LogP contribution < -0.4 is 5.32 Å². The molecule has 0 saturated heterocycles. The molecule has 1 unspecified atom stereocenters. The van der Waals surface area contributed by atoms with Gasteiger partial charge in [-0.05, 0) is 60.4 Å². The molecule has 0 radical (unpaired) electrons. The number of aryl methyl sites for hydroxylation is 3. The maximum atomic E-state index is 5.18. The zero-order chi connectivity index (χ0) is 22.8. The van der Waals surface area contributed by atoms with Gasteiger partial charge in [-0.3, -0.25) is 4.98 Å². The molecule has 0 saturated carbocycles. The SMILES string of the molecule is Cc1cc(C)c(NC(c2ccccc2)c2cccc(-c3cccc4ccccc34)n2)c(C)c1. The number of hydrogen-bond acceptors (Lipinski definition) is 2. The lowest BCUT2D eigenvalue weighted by Crippen LogP contribution is -2.15. The predicted octanol–water partition coefficient (Wildman–Crippen LogP) is 8.03. The van der Waals surface area contributed by atoms with Gasteiger partial charge in [0.1, 0.15) is 0 Å². The maximum absolute atomic E-state index is 5.18. The van der Waals surface area contributed by atoms with Gasteiger partial charge in [0.2, 0.25) is 0 Å². The van der Waals surface area contributed by atoms with E-state index in [-0.39, 0.29) is 6.04 Å². The van der Waals surface area contributed by atoms with E-state index in [0.717, 1.165) is 17.0 Å². The summed E-state index contributed by atoms with van der Waals surface area (Å²) in [7, 11) is 0. The number of aromatic nitrogens is 1. The van der Waals surface area contributed by atoms with Gasteiger partial charge in [-0.2, -0.15) is 0 Å². The molecular weight excluding hydrogens is 400 g/mol. The Bertz CT molecular complexity index is 1390. The fraction of sp³-hybridized carbons (Fsp3) is 0.129. The Hall–Kier alpha value is -3.91. The van der Waals surface area contributed by atoms with Gasteiger partial charge in [-0.15, -0.1) is 0 Å². The van der Waals surface area contributed by atoms with E-state index in [0.29, 0.717) is 0 Å². The summed E-state index contributed by atoms with van der Waals surface area (Å²) < 4.78 is 0. The van der Waals surface area contributed by atoms with Gasteiger partial charge >= 0.3 is 0 Å². The summed E-state index contributed by atoms with van der Waals surface area (Å²) in [6, 6.07) is 36.3. The third-order valence-corrected chi connectivity index (χ3v) is 6.23. The average Bonchev–Trinajstić information content (AvgIpc) is 2.84. The van der Waals surface area contributed by atoms with Crippen LogP contribution in [0.1, 0.15) is 34.0 Å². The van der Waals surface area contributed by atoms with Crippen molar-refractivity contribution < 1.29 is 0 Å². The number of pyridine rings is 1. The van der Waals surface area contributed by atoms with Crippen molar-refractivity contribution in [3.05, 3.63) is 131 Å². The Balaban J connectivity index is 1.62. The van der Waals surface area contributed by atoms with Crippen LogP contribution in [0.5, 0.6) is 0 Å². The Morgan fingerprint density at radius 2 is 1.33 bits per heavy atom. The van der Waals surface area contributed by atoms with Crippen LogP contribution in [0.2, 0.25) is 0 Å². The number of anilines is 1. The largest absolute Gasteiger partial charge is 0.372 e. The molecule has 0 aliphatic rings. The van der Waals surface area contributed by atoms with Crippen molar-refractivity contribution in [2.45, 2.75) is 26.8 Å². The first-order valence-corrected chi connectivity index (χ1v) is 11.4. The van der Waals surface area contributed by atoms with Crippen molar-refractivity contribution in [1.29, 1.82) is 0 Å². The fourth-order valence-electron chi connectivity index (χ4n) is 4.74. The molecule has 0 aliphatic carbocycles. The van der Waals surface area contributed by atoms with Crippen molar-refractivity contribution in [2.24, 2.45) is 0 Å². The standard InChI is InChI=1S/C31H28N2/c1-21-19-22(2)30(23(3)20-21)33-31(25-12-5-4-6-13-25)29-18-10-17-28(32-29)27-16-9-14-24-11-7-8-15-26(24)27/h4-20,31,33H,1-3H3. The molecule has 0 fully saturated rings. The molecule has 162 valence electrons. The van der Waals surface area contributed by atoms with Crippen molar-refractivity contribution in [3.63, 3.8) is 0 Å². The molecule has 5 aromatic rings. The summed E-state index contributed by atoms with van der Waals surface area (Å²) in [4.78, 5) is 5.18. The lowest BCUT2D eigenvalue weighted by atomic mass is 9.98. The van der Waals surface area contributed by atoms with Crippen LogP contribution in [0.25, 0.3) is 22.0 Å². The molecule has 1 heterocycles. The van der Waals surface area contributed by atoms with Gasteiger partial charge in [-0.25, -0.2) is 0 Å². The summed E-state index contributed by atoms with van der Waals surface area (Å²) in [6.07, 6.45) is 0. The maximum Gasteiger partial charge on any atom is 0.0940 e. The van der Waals surface area contributed by atoms with Crippen molar-refractivity contribution in [1.82, 2.24) is 4.98 Å². The first kappa shape index (κ1) is 21.0. The quantitative estimate of drug-likeness (QED) is 0.306. The minimum atomic E-state index is -0.0544. The van der Waals surface area contributed by atoms with Gasteiger partial charge in [-0.1, -0.05) is 96.6 Å². The van der Waals surface area contributed by atoms with Crippen molar-refractivity contribution in [3.8, 4) is 11.3 Å². The molecular formula is C31H28N2. The summed E-state index contributed by atoms with van der Waals surface area (Å²) in [5.41, 5.74) is 9.30. The zero-order valence-electron chi connectivity index (χ0n) is 19.3. The Morgan fingerprint density at radius 3 is 2.12 bits per heavy atom. The Morgan fingerprint density at radius 1 is 0.667 bits per heavy atom. The minimum absolute atomic E-state index is 0.0544. The van der Waals surface area contributed by atoms with Gasteiger partial charge in [0.25, 0.3) is 0 Å². The van der Waals surface area contributed by atoms with Crippen LogP contribution in [0.15, 0.2) is 103 Å². The van der Waals surface area contributed by atoms with Crippen molar-refractivity contribution >= 4 is 16.5 Å². The number of hydrogen-bond donors (Lipinski definition) is 1. The van der Waals surface area contributed by atoms with Crippen LogP contribution >= 0.6 is 0 Å². The summed E-state index contributed by atoms with van der Waals surface area (Å²) in [5, 5.41) is 6.28. The molecule has 1 atom stereocenters. The van der Waals surface area contributed by atoms with Crippen LogP contribution in [-0.4, -0.2) is 4.98 Å². The summed E-state index contributed by atoms with van der Waals surface area (Å²) >= 11 is 0. The first-order chi connectivity index (χ1) is 16.1. The van der Waals surface area contributed by atoms with E-state index in [2.05, 4.69) is 129 Å². The van der Waals surface area contributed by atoms with E-state index in [4.69, 9.17) is 4.98 Å². The van der Waals surface area contributed by atoms with Crippen LogP contribution in [0.4, 0.5) is 5.69 Å². The Labute approximate surface area is 196 Å². The fourth-order valence-corrected chi connectivity index (χ4v) is 4.74. The van der Waals surface area contributed by atoms with Crippen LogP contribution in [0, 0.1) is 20.8 Å². The van der Waals surface area contributed by atoms with Crippen LogP contribution in [-0.2, 0) is 0 Å². The second kappa shape index (κ2) is 8.91. The molecule has 0 amide bonds. The molecule has 33 heavy (non-hydrogen) atoms. The van der Waals surface area contributed by atoms with E-state index in [1.807, 2.05) is 0 Å². The molecule has 4 aromatic carbocycles. The number of nitrogens with one attached hydrogen (secondary N) is 1. The number of rotatable bonds is 5. The molecule has 1 N–H and O–H groups in total. The molecule has 5 rings (SSSR count). The zero-order valence-corrected chi connectivity index (χ0v) is 19.3. The number of benzene rings is 4. The molecule has 1 aromatic heterocycles. The molecule has 0 spiro atoms. The highest BCUT2D eigenvalue weighted by Gasteiger charge is 2.18. The lowest BCUT2D eigenvalue weighted by molar-refractivity contribution is 0.885. The van der Waals surface area contributed by atoms with Gasteiger partial charge < -0.3 is 5.32 Å². The Kier molecular flexibility index (Phi) is 5.66. The van der Waals surface area contributed by atoms with Gasteiger partial charge in [0.15, 0.2) is 0 Å². The third kappa shape index (κ3) is 4.25. The van der Waals surface area contributed by atoms with E-state index in [1.165, 1.54) is 38.7 Å². The summed E-state index contributed by atoms with van der Waals surface area (Å²) in [6.45, 7) is 6.49. The number of fused-ring (bicyclic) bond motifs is 1. The molecule has 0 bridgehead atoms. The monoisotopic (exact) mass is 428 g/mol. The average molecular weight is 429 g/mol. The van der Waals surface area contributed by atoms with E-state index >= 15 is 0 Å². The second-order valence-electron chi connectivity index (χ2n) is 8.74. The highest BCUT2D eigenvalue weighted by Crippen LogP contribution is 2.33. The van der Waals surface area contributed by atoms with Crippen molar-refractivity contribution in [2.75, 3.05) is 5.32 Å². The molecule has 2 heteroatoms. The first-order valence-electron chi connectivity index (χ1n) is 11.4. The van der Waals surface area contributed by atoms with Gasteiger partial charge in [0.05, 0.1) is 17.4 Å². The normalized spacial score (nSPS) is 12.0. The lowest BCUT2D eigenvalue weighted by Gasteiger charge is -2.24. The molecule has 0 aliphatic heterocycles.